The molecule has 4 rings (SSSR count). The number of aromatic nitrogens is 2. The minimum absolute atomic E-state index is 0.0979. The van der Waals surface area contributed by atoms with E-state index in [9.17, 15) is 13.6 Å². The third kappa shape index (κ3) is 5.49. The second kappa shape index (κ2) is 10.1. The van der Waals surface area contributed by atoms with Crippen LogP contribution >= 0.6 is 0 Å². The summed E-state index contributed by atoms with van der Waals surface area (Å²) in [6, 6.07) is 0.992. The summed E-state index contributed by atoms with van der Waals surface area (Å²) in [4.78, 5) is 15.4. The van der Waals surface area contributed by atoms with E-state index in [2.05, 4.69) is 4.98 Å². The van der Waals surface area contributed by atoms with Crippen LogP contribution in [0, 0.1) is 17.6 Å². The number of fused-ring (bicyclic) bond motifs is 1. The van der Waals surface area contributed by atoms with Gasteiger partial charge in [0.1, 0.15) is 29.5 Å². The number of aryl methyl sites for hydroxylation is 1. The summed E-state index contributed by atoms with van der Waals surface area (Å²) in [7, 11) is 1.54. The highest BCUT2D eigenvalue weighted by molar-refractivity contribution is 5.80. The molecule has 0 N–H and O–H groups in total. The van der Waals surface area contributed by atoms with Gasteiger partial charge in [-0.3, -0.25) is 4.57 Å². The van der Waals surface area contributed by atoms with E-state index in [0.29, 0.717) is 13.0 Å². The number of Topliss-reactive ketones (excluding diaryl/α,β-unsaturated/α-hetero) is 1. The molecule has 1 aliphatic carbocycles. The molecule has 0 amide bonds. The number of nitrogens with zero attached hydrogens (tertiary/aromatic N) is 2. The van der Waals surface area contributed by atoms with Gasteiger partial charge >= 0.3 is 0 Å². The van der Waals surface area contributed by atoms with Gasteiger partial charge in [-0.15, -0.1) is 0 Å². The first-order valence-corrected chi connectivity index (χ1v) is 11.7. The molecular weight excluding hydrogens is 453 g/mol. The molecule has 0 radical (unpaired) electrons. The predicted molar refractivity (Wildman–Crippen MR) is 118 cm³/mol. The smallest absolute Gasteiger partial charge is 0.297 e. The van der Waals surface area contributed by atoms with Crippen molar-refractivity contribution in [2.24, 2.45) is 13.0 Å². The van der Waals surface area contributed by atoms with Gasteiger partial charge in [0, 0.05) is 26.1 Å². The fourth-order valence-corrected chi connectivity index (χ4v) is 4.40. The van der Waals surface area contributed by atoms with Crippen LogP contribution in [0.5, 0.6) is 11.8 Å². The number of carbonyl (C=O) groups excluding carboxylic acids is 1. The zero-order valence-corrected chi connectivity index (χ0v) is 19.7. The molecule has 1 aromatic carbocycles. The molecule has 0 bridgehead atoms. The normalized spacial score (nSPS) is 22.9. The number of benzene rings is 1. The lowest BCUT2D eigenvalue weighted by Crippen LogP contribution is -2.50. The standard InChI is InChI=1S/C24H31F3N2O5/c1-14(8-15(2)30)10-32-16-4-6-17(7-5-16)34-23-28-21-18(25)9-19(20(26)22(21)29(23)3)33-13-24(27)11-31-12-24/h9,14,16-17H,4-8,10-13H2,1-3H3/t14-,16?,17?/m1/s1. The maximum Gasteiger partial charge on any atom is 0.297 e. The van der Waals surface area contributed by atoms with Crippen molar-refractivity contribution in [2.75, 3.05) is 26.4 Å². The Bertz CT molecular complexity index is 1030. The van der Waals surface area contributed by atoms with Gasteiger partial charge in [-0.2, -0.15) is 4.98 Å². The van der Waals surface area contributed by atoms with Crippen molar-refractivity contribution in [3.05, 3.63) is 17.7 Å². The second-order valence-electron chi connectivity index (χ2n) is 9.61. The fraction of sp³-hybridized carbons (Fsp3) is 0.667. The van der Waals surface area contributed by atoms with Crippen LogP contribution in [0.2, 0.25) is 0 Å². The van der Waals surface area contributed by atoms with E-state index < -0.39 is 23.9 Å². The molecule has 10 heteroatoms. The molecule has 0 spiro atoms. The molecule has 0 unspecified atom stereocenters. The average Bonchev–Trinajstić information content (AvgIpc) is 3.10. The van der Waals surface area contributed by atoms with E-state index in [-0.39, 0.29) is 59.9 Å². The Kier molecular flexibility index (Phi) is 7.37. The summed E-state index contributed by atoms with van der Waals surface area (Å²) in [6.07, 6.45) is 3.46. The predicted octanol–water partition coefficient (Wildman–Crippen LogP) is 4.29. The summed E-state index contributed by atoms with van der Waals surface area (Å²) >= 11 is 0. The van der Waals surface area contributed by atoms with Crippen molar-refractivity contribution in [1.82, 2.24) is 9.55 Å². The molecule has 1 saturated carbocycles. The van der Waals surface area contributed by atoms with Crippen molar-refractivity contribution in [3.8, 4) is 11.8 Å². The van der Waals surface area contributed by atoms with Gasteiger partial charge in [0.2, 0.25) is 0 Å². The van der Waals surface area contributed by atoms with Gasteiger partial charge in [-0.25, -0.2) is 13.2 Å². The van der Waals surface area contributed by atoms with E-state index in [1.54, 1.807) is 14.0 Å². The first-order chi connectivity index (χ1) is 16.1. The van der Waals surface area contributed by atoms with Crippen molar-refractivity contribution >= 4 is 16.8 Å². The van der Waals surface area contributed by atoms with Crippen molar-refractivity contribution in [3.63, 3.8) is 0 Å². The number of ketones is 1. The Morgan fingerprint density at radius 1 is 1.26 bits per heavy atom. The number of rotatable bonds is 10. The van der Waals surface area contributed by atoms with Gasteiger partial charge in [0.15, 0.2) is 23.1 Å². The SMILES string of the molecule is CC(=O)C[C@@H](C)COC1CCC(Oc2nc3c(F)cc(OCC4(F)COC4)c(F)c3n2C)CC1. The second-order valence-corrected chi connectivity index (χ2v) is 9.61. The molecule has 1 saturated heterocycles. The molecule has 2 aromatic rings. The first-order valence-electron chi connectivity index (χ1n) is 11.7. The van der Waals surface area contributed by atoms with Crippen LogP contribution in [0.25, 0.3) is 11.0 Å². The van der Waals surface area contributed by atoms with Crippen LogP contribution in [0.1, 0.15) is 46.0 Å². The minimum atomic E-state index is -1.69. The third-order valence-electron chi connectivity index (χ3n) is 6.32. The van der Waals surface area contributed by atoms with Crippen LogP contribution in [-0.2, 0) is 21.3 Å². The number of carbonyl (C=O) groups is 1. The molecule has 2 fully saturated rings. The molecule has 1 aromatic heterocycles. The largest absolute Gasteiger partial charge is 0.487 e. The van der Waals surface area contributed by atoms with E-state index in [4.69, 9.17) is 18.9 Å². The fourth-order valence-electron chi connectivity index (χ4n) is 4.40. The third-order valence-corrected chi connectivity index (χ3v) is 6.32. The number of halogens is 3. The lowest BCUT2D eigenvalue weighted by molar-refractivity contribution is -0.146. The van der Waals surface area contributed by atoms with Crippen LogP contribution in [0.4, 0.5) is 13.2 Å². The van der Waals surface area contributed by atoms with E-state index in [1.165, 1.54) is 4.57 Å². The molecule has 2 heterocycles. The van der Waals surface area contributed by atoms with Crippen molar-refractivity contribution in [1.29, 1.82) is 0 Å². The Balaban J connectivity index is 1.37. The van der Waals surface area contributed by atoms with Crippen molar-refractivity contribution < 1.29 is 36.9 Å². The van der Waals surface area contributed by atoms with Gasteiger partial charge in [0.05, 0.1) is 19.3 Å². The zero-order chi connectivity index (χ0) is 24.5. The minimum Gasteiger partial charge on any atom is -0.487 e. The lowest BCUT2D eigenvalue weighted by Gasteiger charge is -2.33. The molecular formula is C24H31F3N2O5. The molecule has 2 aliphatic rings. The van der Waals surface area contributed by atoms with Crippen LogP contribution in [-0.4, -0.2) is 59.6 Å². The molecule has 1 aliphatic heterocycles. The monoisotopic (exact) mass is 484 g/mol. The Hall–Kier alpha value is -2.33. The van der Waals surface area contributed by atoms with Gasteiger partial charge in [-0.05, 0) is 38.5 Å². The summed E-state index contributed by atoms with van der Waals surface area (Å²) in [6.45, 7) is 3.43. The van der Waals surface area contributed by atoms with Crippen molar-refractivity contribution in [2.45, 2.75) is 63.8 Å². The highest BCUT2D eigenvalue weighted by atomic mass is 19.1. The quantitative estimate of drug-likeness (QED) is 0.501. The number of hydrogen-bond donors (Lipinski definition) is 0. The summed E-state index contributed by atoms with van der Waals surface area (Å²) < 4.78 is 67.2. The molecule has 7 nitrogen and oxygen atoms in total. The van der Waals surface area contributed by atoms with Crippen LogP contribution < -0.4 is 9.47 Å². The Labute approximate surface area is 196 Å². The zero-order valence-electron chi connectivity index (χ0n) is 19.7. The van der Waals surface area contributed by atoms with Crippen LogP contribution in [0.3, 0.4) is 0 Å². The maximum atomic E-state index is 15.1. The van der Waals surface area contributed by atoms with Gasteiger partial charge in [0.25, 0.3) is 6.01 Å². The summed E-state index contributed by atoms with van der Waals surface area (Å²) in [5, 5.41) is 0. The number of alkyl halides is 1. The molecule has 34 heavy (non-hydrogen) atoms. The highest BCUT2D eigenvalue weighted by Gasteiger charge is 2.40. The number of hydrogen-bond acceptors (Lipinski definition) is 6. The first kappa shape index (κ1) is 24.8. The van der Waals surface area contributed by atoms with Gasteiger partial charge < -0.3 is 23.7 Å². The topological polar surface area (TPSA) is 71.8 Å². The maximum absolute atomic E-state index is 15.1. The van der Waals surface area contributed by atoms with Crippen LogP contribution in [0.15, 0.2) is 6.07 Å². The number of ether oxygens (including phenoxy) is 4. The van der Waals surface area contributed by atoms with E-state index in [0.717, 1.165) is 31.7 Å². The van der Waals surface area contributed by atoms with E-state index >= 15 is 4.39 Å². The molecule has 188 valence electrons. The lowest BCUT2D eigenvalue weighted by atomic mass is 9.95. The van der Waals surface area contributed by atoms with Gasteiger partial charge in [-0.1, -0.05) is 6.92 Å². The summed E-state index contributed by atoms with van der Waals surface area (Å²) in [5.41, 5.74) is -1.95. The molecule has 1 atom stereocenters. The Morgan fingerprint density at radius 3 is 2.56 bits per heavy atom. The number of imidazole rings is 1. The highest BCUT2D eigenvalue weighted by Crippen LogP contribution is 2.34. The average molecular weight is 485 g/mol. The summed E-state index contributed by atoms with van der Waals surface area (Å²) in [5.74, 6) is -1.63. The Morgan fingerprint density at radius 2 is 1.94 bits per heavy atom. The van der Waals surface area contributed by atoms with E-state index in [1.807, 2.05) is 6.92 Å².